The van der Waals surface area contributed by atoms with Gasteiger partial charge in [-0.2, -0.15) is 11.8 Å². The maximum absolute atomic E-state index is 10.6. The maximum atomic E-state index is 10.6. The molecule has 1 aromatic heterocycles. The van der Waals surface area contributed by atoms with Crippen LogP contribution in [0.5, 0.6) is 0 Å². The van der Waals surface area contributed by atoms with Crippen molar-refractivity contribution in [3.05, 3.63) is 12.4 Å². The van der Waals surface area contributed by atoms with Gasteiger partial charge in [0.2, 0.25) is 0 Å². The Morgan fingerprint density at radius 1 is 1.56 bits per heavy atom. The standard InChI is InChI=1S/C12H18N2O2S2/c1-17-10-5-3-2-4-9(10)14-7-6-13-12(14)18-8-11(15)16/h6-7,9-10H,2-5,8H2,1H3,(H,15,16). The summed E-state index contributed by atoms with van der Waals surface area (Å²) in [7, 11) is 0. The van der Waals surface area contributed by atoms with Crippen LogP contribution in [-0.4, -0.2) is 37.9 Å². The second-order valence-electron chi connectivity index (χ2n) is 4.43. The molecule has 0 aliphatic heterocycles. The van der Waals surface area contributed by atoms with Gasteiger partial charge in [0, 0.05) is 23.7 Å². The van der Waals surface area contributed by atoms with E-state index in [1.165, 1.54) is 37.4 Å². The van der Waals surface area contributed by atoms with E-state index in [-0.39, 0.29) is 5.75 Å². The lowest BCUT2D eigenvalue weighted by molar-refractivity contribution is -0.133. The fraction of sp³-hybridized carbons (Fsp3) is 0.667. The summed E-state index contributed by atoms with van der Waals surface area (Å²) < 4.78 is 2.17. The number of hydrogen-bond donors (Lipinski definition) is 1. The average molecular weight is 286 g/mol. The fourth-order valence-electron chi connectivity index (χ4n) is 2.46. The molecule has 0 spiro atoms. The maximum Gasteiger partial charge on any atom is 0.313 e. The number of hydrogen-bond acceptors (Lipinski definition) is 4. The number of rotatable bonds is 5. The Labute approximate surface area is 116 Å². The van der Waals surface area contributed by atoms with Crippen LogP contribution in [0.1, 0.15) is 31.7 Å². The molecule has 2 atom stereocenters. The predicted octanol–water partition coefficient (Wildman–Crippen LogP) is 2.91. The van der Waals surface area contributed by atoms with Crippen LogP contribution in [0.4, 0.5) is 0 Å². The van der Waals surface area contributed by atoms with E-state index in [4.69, 9.17) is 5.11 Å². The first-order valence-corrected chi connectivity index (χ1v) is 8.40. The van der Waals surface area contributed by atoms with Gasteiger partial charge < -0.3 is 9.67 Å². The first-order chi connectivity index (χ1) is 8.72. The van der Waals surface area contributed by atoms with E-state index in [9.17, 15) is 4.79 Å². The molecule has 0 radical (unpaired) electrons. The molecule has 1 N–H and O–H groups in total. The molecule has 18 heavy (non-hydrogen) atoms. The van der Waals surface area contributed by atoms with Gasteiger partial charge in [-0.3, -0.25) is 4.79 Å². The number of thioether (sulfide) groups is 2. The van der Waals surface area contributed by atoms with Gasteiger partial charge >= 0.3 is 5.97 Å². The van der Waals surface area contributed by atoms with E-state index in [2.05, 4.69) is 15.8 Å². The molecule has 6 heteroatoms. The summed E-state index contributed by atoms with van der Waals surface area (Å²) in [5.74, 6) is -0.715. The van der Waals surface area contributed by atoms with Gasteiger partial charge in [0.15, 0.2) is 5.16 Å². The summed E-state index contributed by atoms with van der Waals surface area (Å²) in [6, 6.07) is 0.465. The average Bonchev–Trinajstić information content (AvgIpc) is 2.84. The third kappa shape index (κ3) is 3.23. The van der Waals surface area contributed by atoms with Crippen LogP contribution >= 0.6 is 23.5 Å². The summed E-state index contributed by atoms with van der Waals surface area (Å²) in [4.78, 5) is 14.9. The molecule has 1 aliphatic rings. The van der Waals surface area contributed by atoms with Gasteiger partial charge in [-0.05, 0) is 19.1 Å². The minimum absolute atomic E-state index is 0.0771. The van der Waals surface area contributed by atoms with Crippen molar-refractivity contribution in [1.29, 1.82) is 0 Å². The van der Waals surface area contributed by atoms with Crippen molar-refractivity contribution in [2.45, 2.75) is 42.1 Å². The van der Waals surface area contributed by atoms with Crippen LogP contribution in [0.2, 0.25) is 0 Å². The molecule has 1 fully saturated rings. The molecule has 1 aromatic rings. The molecule has 100 valence electrons. The zero-order valence-electron chi connectivity index (χ0n) is 10.4. The second kappa shape index (κ2) is 6.52. The molecule has 2 unspecified atom stereocenters. The van der Waals surface area contributed by atoms with Crippen LogP contribution in [0.25, 0.3) is 0 Å². The number of carbonyl (C=O) groups is 1. The molecule has 0 amide bonds. The highest BCUT2D eigenvalue weighted by molar-refractivity contribution is 7.99. The van der Waals surface area contributed by atoms with Gasteiger partial charge in [-0.1, -0.05) is 24.6 Å². The van der Waals surface area contributed by atoms with Gasteiger partial charge in [-0.15, -0.1) is 0 Å². The van der Waals surface area contributed by atoms with Gasteiger partial charge in [0.25, 0.3) is 0 Å². The molecular formula is C12H18N2O2S2. The smallest absolute Gasteiger partial charge is 0.313 e. The Hall–Kier alpha value is -0.620. The number of aromatic nitrogens is 2. The lowest BCUT2D eigenvalue weighted by Gasteiger charge is -2.32. The molecule has 2 rings (SSSR count). The van der Waals surface area contributed by atoms with Gasteiger partial charge in [0.05, 0.1) is 5.75 Å². The highest BCUT2D eigenvalue weighted by Crippen LogP contribution is 2.37. The van der Waals surface area contributed by atoms with Crippen LogP contribution in [-0.2, 0) is 4.79 Å². The summed E-state index contributed by atoms with van der Waals surface area (Å²) >= 11 is 3.22. The Bertz CT molecular complexity index is 409. The van der Waals surface area contributed by atoms with E-state index in [0.29, 0.717) is 11.3 Å². The van der Waals surface area contributed by atoms with Crippen molar-refractivity contribution in [1.82, 2.24) is 9.55 Å². The lowest BCUT2D eigenvalue weighted by Crippen LogP contribution is -2.25. The Balaban J connectivity index is 2.11. The number of nitrogens with zero attached hydrogens (tertiary/aromatic N) is 2. The van der Waals surface area contributed by atoms with E-state index >= 15 is 0 Å². The van der Waals surface area contributed by atoms with Crippen molar-refractivity contribution >= 4 is 29.5 Å². The molecule has 1 saturated carbocycles. The zero-order chi connectivity index (χ0) is 13.0. The van der Waals surface area contributed by atoms with Crippen LogP contribution in [0, 0.1) is 0 Å². The second-order valence-corrected chi connectivity index (χ2v) is 6.44. The van der Waals surface area contributed by atoms with Crippen LogP contribution in [0.3, 0.4) is 0 Å². The predicted molar refractivity (Wildman–Crippen MR) is 75.4 cm³/mol. The molecule has 0 saturated heterocycles. The fourth-order valence-corrected chi connectivity index (χ4v) is 4.18. The molecular weight excluding hydrogens is 268 g/mol. The number of carboxylic acid groups (broad SMARTS) is 1. The molecule has 0 aromatic carbocycles. The molecule has 1 heterocycles. The van der Waals surface area contributed by atoms with Crippen molar-refractivity contribution in [3.8, 4) is 0 Å². The monoisotopic (exact) mass is 286 g/mol. The minimum atomic E-state index is -0.792. The lowest BCUT2D eigenvalue weighted by atomic mass is 9.95. The van der Waals surface area contributed by atoms with E-state index in [1.807, 2.05) is 18.0 Å². The number of imidazole rings is 1. The highest BCUT2D eigenvalue weighted by atomic mass is 32.2. The topological polar surface area (TPSA) is 55.1 Å². The summed E-state index contributed by atoms with van der Waals surface area (Å²) in [6.07, 6.45) is 10.9. The molecule has 1 aliphatic carbocycles. The van der Waals surface area contributed by atoms with Crippen molar-refractivity contribution in [3.63, 3.8) is 0 Å². The van der Waals surface area contributed by atoms with Crippen LogP contribution < -0.4 is 0 Å². The normalized spacial score (nSPS) is 24.1. The third-order valence-electron chi connectivity index (χ3n) is 3.29. The van der Waals surface area contributed by atoms with Crippen molar-refractivity contribution in [2.75, 3.05) is 12.0 Å². The quantitative estimate of drug-likeness (QED) is 0.843. The van der Waals surface area contributed by atoms with E-state index in [0.717, 1.165) is 5.16 Å². The summed E-state index contributed by atoms with van der Waals surface area (Å²) in [5.41, 5.74) is 0. The Morgan fingerprint density at radius 3 is 3.06 bits per heavy atom. The Kier molecular flexibility index (Phi) is 5.00. The largest absolute Gasteiger partial charge is 0.481 e. The van der Waals surface area contributed by atoms with Crippen molar-refractivity contribution in [2.24, 2.45) is 0 Å². The first kappa shape index (κ1) is 13.8. The molecule has 4 nitrogen and oxygen atoms in total. The summed E-state index contributed by atoms with van der Waals surface area (Å²) in [6.45, 7) is 0. The number of aliphatic carboxylic acids is 1. The SMILES string of the molecule is CSC1CCCCC1n1ccnc1SCC(=O)O. The highest BCUT2D eigenvalue weighted by Gasteiger charge is 2.27. The summed E-state index contributed by atoms with van der Waals surface area (Å²) in [5, 5.41) is 10.2. The first-order valence-electron chi connectivity index (χ1n) is 6.12. The minimum Gasteiger partial charge on any atom is -0.481 e. The number of carboxylic acids is 1. The van der Waals surface area contributed by atoms with Gasteiger partial charge in [0.1, 0.15) is 0 Å². The van der Waals surface area contributed by atoms with E-state index in [1.54, 1.807) is 6.20 Å². The van der Waals surface area contributed by atoms with Crippen LogP contribution in [0.15, 0.2) is 17.6 Å². The third-order valence-corrected chi connectivity index (χ3v) is 5.41. The van der Waals surface area contributed by atoms with E-state index < -0.39 is 5.97 Å². The van der Waals surface area contributed by atoms with Crippen molar-refractivity contribution < 1.29 is 9.90 Å². The molecule has 0 bridgehead atoms. The zero-order valence-corrected chi connectivity index (χ0v) is 12.0. The Morgan fingerprint density at radius 2 is 2.33 bits per heavy atom. The van der Waals surface area contributed by atoms with Gasteiger partial charge in [-0.25, -0.2) is 4.98 Å².